The van der Waals surface area contributed by atoms with E-state index >= 15 is 0 Å². The van der Waals surface area contributed by atoms with Crippen LogP contribution in [-0.2, 0) is 17.8 Å². The monoisotopic (exact) mass is 351 g/mol. The lowest BCUT2D eigenvalue weighted by Gasteiger charge is -2.20. The van der Waals surface area contributed by atoms with Gasteiger partial charge in [-0.25, -0.2) is 0 Å². The molecule has 0 bridgehead atoms. The molecule has 126 valence electrons. The number of ether oxygens (including phenoxy) is 1. The highest BCUT2D eigenvalue weighted by atomic mass is 32.1. The number of aliphatic hydroxyl groups is 1. The van der Waals surface area contributed by atoms with E-state index < -0.39 is 0 Å². The second-order valence-electron chi connectivity index (χ2n) is 6.11. The second-order valence-corrected chi connectivity index (χ2v) is 8.68. The highest BCUT2D eigenvalue weighted by molar-refractivity contribution is 7.12. The summed E-state index contributed by atoms with van der Waals surface area (Å²) in [6.45, 7) is 6.16. The van der Waals surface area contributed by atoms with Crippen LogP contribution in [0.1, 0.15) is 44.9 Å². The van der Waals surface area contributed by atoms with Gasteiger partial charge in [0.05, 0.1) is 6.10 Å². The number of hydrogen-bond donors (Lipinski definition) is 1. The van der Waals surface area contributed by atoms with Crippen molar-refractivity contribution in [1.82, 2.24) is 4.90 Å². The summed E-state index contributed by atoms with van der Waals surface area (Å²) in [6.07, 6.45) is 3.48. The van der Waals surface area contributed by atoms with Crippen molar-refractivity contribution in [1.29, 1.82) is 0 Å². The molecule has 0 unspecified atom stereocenters. The predicted molar refractivity (Wildman–Crippen MR) is 97.1 cm³/mol. The van der Waals surface area contributed by atoms with Crippen molar-refractivity contribution in [3.8, 4) is 0 Å². The Kier molecular flexibility index (Phi) is 6.25. The van der Waals surface area contributed by atoms with Crippen molar-refractivity contribution in [2.24, 2.45) is 0 Å². The molecule has 23 heavy (non-hydrogen) atoms. The Hall–Kier alpha value is -0.720. The second kappa shape index (κ2) is 8.40. The van der Waals surface area contributed by atoms with E-state index in [1.807, 2.05) is 22.7 Å². The Morgan fingerprint density at radius 3 is 2.61 bits per heavy atom. The summed E-state index contributed by atoms with van der Waals surface area (Å²) in [7, 11) is 0. The standard InChI is InChI=1S/C18H25NO2S2/c1-14-5-6-15(22-14)12-19(9-3-10-20)13-16-7-8-18(23-16)17-4-2-11-21-17/h5-8,17,20H,2-4,9-13H2,1H3/t17-/m0/s1. The van der Waals surface area contributed by atoms with Crippen LogP contribution in [0.3, 0.4) is 0 Å². The molecule has 0 aliphatic carbocycles. The first-order chi connectivity index (χ1) is 11.2. The molecule has 0 amide bonds. The van der Waals surface area contributed by atoms with Gasteiger partial charge in [-0.3, -0.25) is 4.90 Å². The van der Waals surface area contributed by atoms with Crippen LogP contribution in [0.15, 0.2) is 24.3 Å². The molecule has 3 rings (SSSR count). The lowest BCUT2D eigenvalue weighted by molar-refractivity contribution is 0.114. The molecule has 3 nitrogen and oxygen atoms in total. The number of aliphatic hydroxyl groups excluding tert-OH is 1. The summed E-state index contributed by atoms with van der Waals surface area (Å²) < 4.78 is 5.79. The van der Waals surface area contributed by atoms with Gasteiger partial charge < -0.3 is 9.84 Å². The topological polar surface area (TPSA) is 32.7 Å². The molecule has 1 aliphatic rings. The van der Waals surface area contributed by atoms with Crippen LogP contribution in [0.5, 0.6) is 0 Å². The van der Waals surface area contributed by atoms with E-state index in [2.05, 4.69) is 36.1 Å². The zero-order chi connectivity index (χ0) is 16.1. The third-order valence-corrected chi connectivity index (χ3v) is 6.26. The van der Waals surface area contributed by atoms with Gasteiger partial charge in [0.25, 0.3) is 0 Å². The molecule has 1 N–H and O–H groups in total. The molecule has 1 aliphatic heterocycles. The Morgan fingerprint density at radius 2 is 1.96 bits per heavy atom. The van der Waals surface area contributed by atoms with Gasteiger partial charge in [-0.15, -0.1) is 22.7 Å². The van der Waals surface area contributed by atoms with Crippen molar-refractivity contribution >= 4 is 22.7 Å². The lowest BCUT2D eigenvalue weighted by atomic mass is 10.2. The fraction of sp³-hybridized carbons (Fsp3) is 0.556. The van der Waals surface area contributed by atoms with Gasteiger partial charge in [0.2, 0.25) is 0 Å². The van der Waals surface area contributed by atoms with Crippen LogP contribution >= 0.6 is 22.7 Å². The average Bonchev–Trinajstić information content (AvgIpc) is 3.26. The maximum absolute atomic E-state index is 9.16. The smallest absolute Gasteiger partial charge is 0.0917 e. The fourth-order valence-corrected chi connectivity index (χ4v) is 5.05. The van der Waals surface area contributed by atoms with Gasteiger partial charge in [-0.05, 0) is 50.5 Å². The Labute approximate surface area is 146 Å². The molecule has 0 spiro atoms. The normalized spacial score (nSPS) is 18.1. The van der Waals surface area contributed by atoms with Gasteiger partial charge >= 0.3 is 0 Å². The molecule has 3 heterocycles. The summed E-state index contributed by atoms with van der Waals surface area (Å²) in [5.74, 6) is 0. The van der Waals surface area contributed by atoms with Crippen LogP contribution in [0.25, 0.3) is 0 Å². The molecular formula is C18H25NO2S2. The maximum Gasteiger partial charge on any atom is 0.0917 e. The first kappa shape index (κ1) is 17.1. The Bertz CT molecular complexity index is 602. The van der Waals surface area contributed by atoms with E-state index in [9.17, 15) is 0 Å². The van der Waals surface area contributed by atoms with Gasteiger partial charge in [0, 0.05) is 52.4 Å². The molecule has 0 saturated carbocycles. The van der Waals surface area contributed by atoms with Crippen molar-refractivity contribution < 1.29 is 9.84 Å². The Balaban J connectivity index is 1.62. The van der Waals surface area contributed by atoms with Crippen LogP contribution in [0, 0.1) is 6.92 Å². The van der Waals surface area contributed by atoms with Crippen molar-refractivity contribution in [2.75, 3.05) is 19.8 Å². The average molecular weight is 352 g/mol. The van der Waals surface area contributed by atoms with Gasteiger partial charge in [-0.1, -0.05) is 0 Å². The number of nitrogens with zero attached hydrogens (tertiary/aromatic N) is 1. The lowest BCUT2D eigenvalue weighted by Crippen LogP contribution is -2.23. The third-order valence-electron chi connectivity index (χ3n) is 4.12. The highest BCUT2D eigenvalue weighted by Gasteiger charge is 2.20. The van der Waals surface area contributed by atoms with Crippen molar-refractivity contribution in [3.63, 3.8) is 0 Å². The SMILES string of the molecule is Cc1ccc(CN(CCCO)Cc2ccc([C@@H]3CCCO3)s2)s1. The summed E-state index contributed by atoms with van der Waals surface area (Å²) in [4.78, 5) is 7.95. The van der Waals surface area contributed by atoms with Crippen LogP contribution in [0.4, 0.5) is 0 Å². The van der Waals surface area contributed by atoms with Crippen LogP contribution in [0.2, 0.25) is 0 Å². The molecule has 1 atom stereocenters. The largest absolute Gasteiger partial charge is 0.396 e. The molecule has 5 heteroatoms. The van der Waals surface area contributed by atoms with Crippen molar-refractivity contribution in [3.05, 3.63) is 43.8 Å². The van der Waals surface area contributed by atoms with Gasteiger partial charge in [0.15, 0.2) is 0 Å². The quantitative estimate of drug-likeness (QED) is 0.767. The Morgan fingerprint density at radius 1 is 1.17 bits per heavy atom. The molecule has 0 radical (unpaired) electrons. The van der Waals surface area contributed by atoms with Crippen molar-refractivity contribution in [2.45, 2.75) is 45.4 Å². The van der Waals surface area contributed by atoms with E-state index in [0.717, 1.165) is 39.1 Å². The first-order valence-corrected chi connectivity index (χ1v) is 9.96. The van der Waals surface area contributed by atoms with E-state index in [-0.39, 0.29) is 6.61 Å². The number of aryl methyl sites for hydroxylation is 1. The third kappa shape index (κ3) is 4.88. The zero-order valence-electron chi connectivity index (χ0n) is 13.7. The minimum atomic E-state index is 0.256. The van der Waals surface area contributed by atoms with Crippen LogP contribution < -0.4 is 0 Å². The summed E-state index contributed by atoms with van der Waals surface area (Å²) >= 11 is 3.75. The predicted octanol–water partition coefficient (Wildman–Crippen LogP) is 4.35. The molecule has 0 aromatic carbocycles. The minimum absolute atomic E-state index is 0.256. The van der Waals surface area contributed by atoms with Gasteiger partial charge in [0.1, 0.15) is 0 Å². The summed E-state index contributed by atoms with van der Waals surface area (Å²) in [5, 5.41) is 9.16. The minimum Gasteiger partial charge on any atom is -0.396 e. The molecular weight excluding hydrogens is 326 g/mol. The summed E-state index contributed by atoms with van der Waals surface area (Å²) in [5.41, 5.74) is 0. The summed E-state index contributed by atoms with van der Waals surface area (Å²) in [6, 6.07) is 8.88. The maximum atomic E-state index is 9.16. The zero-order valence-corrected chi connectivity index (χ0v) is 15.3. The van der Waals surface area contributed by atoms with E-state index in [1.165, 1.54) is 25.9 Å². The number of thiophene rings is 2. The molecule has 2 aromatic heterocycles. The van der Waals surface area contributed by atoms with E-state index in [0.29, 0.717) is 6.10 Å². The number of hydrogen-bond acceptors (Lipinski definition) is 5. The van der Waals surface area contributed by atoms with E-state index in [1.54, 1.807) is 0 Å². The molecule has 1 saturated heterocycles. The van der Waals surface area contributed by atoms with Gasteiger partial charge in [-0.2, -0.15) is 0 Å². The highest BCUT2D eigenvalue weighted by Crippen LogP contribution is 2.33. The number of rotatable bonds is 8. The fourth-order valence-electron chi connectivity index (χ4n) is 2.97. The van der Waals surface area contributed by atoms with Crippen LogP contribution in [-0.4, -0.2) is 29.8 Å². The molecule has 1 fully saturated rings. The molecule has 2 aromatic rings. The first-order valence-electron chi connectivity index (χ1n) is 8.33. The van der Waals surface area contributed by atoms with E-state index in [4.69, 9.17) is 9.84 Å².